The van der Waals surface area contributed by atoms with E-state index in [1.165, 1.54) is 0 Å². The van der Waals surface area contributed by atoms with E-state index in [4.69, 9.17) is 21.1 Å². The maximum Gasteiger partial charge on any atom is 0.227 e. The van der Waals surface area contributed by atoms with Crippen molar-refractivity contribution in [3.63, 3.8) is 0 Å². The van der Waals surface area contributed by atoms with Gasteiger partial charge in [-0.1, -0.05) is 5.92 Å². The van der Waals surface area contributed by atoms with Crippen LogP contribution < -0.4 is 5.43 Å². The van der Waals surface area contributed by atoms with Gasteiger partial charge in [-0.15, -0.1) is 6.42 Å². The topological polar surface area (TPSA) is 70.7 Å². The van der Waals surface area contributed by atoms with Crippen LogP contribution in [0.25, 0.3) is 0 Å². The quantitative estimate of drug-likeness (QED) is 0.629. The summed E-state index contributed by atoms with van der Waals surface area (Å²) in [5, 5.41) is 17.8. The van der Waals surface area contributed by atoms with Gasteiger partial charge in [0.1, 0.15) is 12.4 Å². The van der Waals surface area contributed by atoms with Crippen LogP contribution in [0, 0.1) is 12.3 Å². The Hall–Kier alpha value is -1.73. The van der Waals surface area contributed by atoms with Gasteiger partial charge in [0.05, 0.1) is 6.42 Å². The molecular weight excluding hydrogens is 172 g/mol. The third kappa shape index (κ3) is 1.89. The normalized spacial score (nSPS) is 9.54. The highest BCUT2D eigenvalue weighted by atomic mass is 16.4. The monoisotopic (exact) mass is 180 g/mol. The molecule has 0 aliphatic rings. The smallest absolute Gasteiger partial charge is 0.227 e. The number of rotatable bonds is 2. The third-order valence-corrected chi connectivity index (χ3v) is 1.46. The van der Waals surface area contributed by atoms with Crippen molar-refractivity contribution in [3.8, 4) is 18.1 Å². The molecule has 0 aliphatic heterocycles. The van der Waals surface area contributed by atoms with Gasteiger partial charge in [0.25, 0.3) is 0 Å². The summed E-state index contributed by atoms with van der Waals surface area (Å²) in [6, 6.07) is 1.02. The first-order chi connectivity index (χ1) is 6.19. The average molecular weight is 180 g/mol. The molecule has 0 radical (unpaired) electrons. The van der Waals surface area contributed by atoms with Crippen molar-refractivity contribution in [2.75, 3.05) is 0 Å². The Labute approximate surface area is 74.4 Å². The highest BCUT2D eigenvalue weighted by Crippen LogP contribution is 2.13. The van der Waals surface area contributed by atoms with Gasteiger partial charge in [-0.2, -0.15) is 0 Å². The van der Waals surface area contributed by atoms with E-state index < -0.39 is 17.8 Å². The van der Waals surface area contributed by atoms with Gasteiger partial charge in [0.2, 0.25) is 11.2 Å². The van der Waals surface area contributed by atoms with Crippen LogP contribution >= 0.6 is 0 Å². The Bertz CT molecular complexity index is 397. The Balaban J connectivity index is 3.26. The maximum absolute atomic E-state index is 11.0. The number of terminal acetylenes is 1. The molecule has 4 nitrogen and oxygen atoms in total. The molecule has 0 amide bonds. The lowest BCUT2D eigenvalue weighted by Gasteiger charge is -2.01. The second kappa shape index (κ2) is 3.78. The van der Waals surface area contributed by atoms with Crippen LogP contribution in [0.1, 0.15) is 11.5 Å². The lowest BCUT2D eigenvalue weighted by atomic mass is 10.2. The van der Waals surface area contributed by atoms with Crippen LogP contribution in [0.2, 0.25) is 0 Å². The van der Waals surface area contributed by atoms with Crippen LogP contribution in [0.15, 0.2) is 15.3 Å². The SMILES string of the molecule is C#CCc1oc(CO)cc(=O)c1O. The maximum atomic E-state index is 11.0. The highest BCUT2D eigenvalue weighted by Gasteiger charge is 2.08. The summed E-state index contributed by atoms with van der Waals surface area (Å²) in [4.78, 5) is 11.0. The van der Waals surface area contributed by atoms with E-state index in [0.717, 1.165) is 6.07 Å². The Morgan fingerprint density at radius 2 is 2.31 bits per heavy atom. The van der Waals surface area contributed by atoms with Crippen LogP contribution in [0.4, 0.5) is 0 Å². The fraction of sp³-hybridized carbons (Fsp3) is 0.222. The molecule has 4 heteroatoms. The molecule has 0 aliphatic carbocycles. The molecule has 0 bridgehead atoms. The van der Waals surface area contributed by atoms with Crippen LogP contribution in [-0.4, -0.2) is 10.2 Å². The number of hydrogen-bond acceptors (Lipinski definition) is 4. The first kappa shape index (κ1) is 9.36. The second-order valence-corrected chi connectivity index (χ2v) is 2.39. The first-order valence-corrected chi connectivity index (χ1v) is 3.58. The number of aliphatic hydroxyl groups is 1. The molecule has 1 rings (SSSR count). The summed E-state index contributed by atoms with van der Waals surface area (Å²) in [5.41, 5.74) is -0.597. The zero-order valence-electron chi connectivity index (χ0n) is 6.78. The molecule has 68 valence electrons. The molecule has 0 aromatic carbocycles. The summed E-state index contributed by atoms with van der Waals surface area (Å²) in [6.45, 7) is -0.396. The van der Waals surface area contributed by atoms with Gasteiger partial charge in [-0.25, -0.2) is 0 Å². The van der Waals surface area contributed by atoms with Gasteiger partial charge in [0.15, 0.2) is 5.76 Å². The summed E-state index contributed by atoms with van der Waals surface area (Å²) < 4.78 is 4.94. The highest BCUT2D eigenvalue weighted by molar-refractivity contribution is 5.27. The van der Waals surface area contributed by atoms with E-state index in [2.05, 4.69) is 5.92 Å². The van der Waals surface area contributed by atoms with Gasteiger partial charge >= 0.3 is 0 Å². The van der Waals surface area contributed by atoms with E-state index in [1.807, 2.05) is 0 Å². The number of hydrogen-bond donors (Lipinski definition) is 2. The van der Waals surface area contributed by atoms with Crippen molar-refractivity contribution in [1.82, 2.24) is 0 Å². The zero-order valence-corrected chi connectivity index (χ0v) is 6.78. The molecular formula is C9H8O4. The lowest BCUT2D eigenvalue weighted by Crippen LogP contribution is -2.04. The van der Waals surface area contributed by atoms with E-state index >= 15 is 0 Å². The van der Waals surface area contributed by atoms with Crippen LogP contribution in [0.5, 0.6) is 5.75 Å². The molecule has 1 aromatic heterocycles. The molecule has 0 saturated heterocycles. The van der Waals surface area contributed by atoms with Crippen molar-refractivity contribution in [1.29, 1.82) is 0 Å². The average Bonchev–Trinajstić information content (AvgIpc) is 2.13. The fourth-order valence-corrected chi connectivity index (χ4v) is 0.878. The Morgan fingerprint density at radius 3 is 2.85 bits per heavy atom. The Kier molecular flexibility index (Phi) is 2.72. The molecule has 1 aromatic rings. The first-order valence-electron chi connectivity index (χ1n) is 3.58. The summed E-state index contributed by atoms with van der Waals surface area (Å²) in [7, 11) is 0. The summed E-state index contributed by atoms with van der Waals surface area (Å²) in [6.07, 6.45) is 5.01. The minimum absolute atomic E-state index is 0.0130. The van der Waals surface area contributed by atoms with Crippen molar-refractivity contribution < 1.29 is 14.6 Å². The molecule has 0 spiro atoms. The molecule has 2 N–H and O–H groups in total. The summed E-state index contributed by atoms with van der Waals surface area (Å²) >= 11 is 0. The predicted octanol–water partition coefficient (Wildman–Crippen LogP) is 0.0134. The number of aromatic hydroxyl groups is 1. The van der Waals surface area contributed by atoms with Crippen LogP contribution in [0.3, 0.4) is 0 Å². The minimum Gasteiger partial charge on any atom is -0.502 e. The molecule has 1 heterocycles. The molecule has 0 fully saturated rings. The van der Waals surface area contributed by atoms with Crippen LogP contribution in [-0.2, 0) is 13.0 Å². The zero-order chi connectivity index (χ0) is 9.84. The van der Waals surface area contributed by atoms with Gasteiger partial charge in [-0.3, -0.25) is 4.79 Å². The fourth-order valence-electron chi connectivity index (χ4n) is 0.878. The van der Waals surface area contributed by atoms with E-state index in [0.29, 0.717) is 0 Å². The number of aliphatic hydroxyl groups excluding tert-OH is 1. The standard InChI is InChI=1S/C9H8O4/c1-2-3-8-9(12)7(11)4-6(5-10)13-8/h1,4,10,12H,3,5H2. The second-order valence-electron chi connectivity index (χ2n) is 2.39. The minimum atomic E-state index is -0.597. The van der Waals surface area contributed by atoms with E-state index in [-0.39, 0.29) is 17.9 Å². The summed E-state index contributed by atoms with van der Waals surface area (Å²) in [5.74, 6) is 1.84. The Morgan fingerprint density at radius 1 is 1.62 bits per heavy atom. The van der Waals surface area contributed by atoms with Gasteiger partial charge < -0.3 is 14.6 Å². The van der Waals surface area contributed by atoms with E-state index in [9.17, 15) is 4.79 Å². The third-order valence-electron chi connectivity index (χ3n) is 1.46. The predicted molar refractivity (Wildman–Crippen MR) is 45.1 cm³/mol. The molecule has 0 atom stereocenters. The molecule has 0 unspecified atom stereocenters. The molecule has 13 heavy (non-hydrogen) atoms. The van der Waals surface area contributed by atoms with Gasteiger partial charge in [-0.05, 0) is 0 Å². The van der Waals surface area contributed by atoms with Gasteiger partial charge in [0, 0.05) is 6.07 Å². The van der Waals surface area contributed by atoms with Crippen molar-refractivity contribution in [2.24, 2.45) is 0 Å². The van der Waals surface area contributed by atoms with E-state index in [1.54, 1.807) is 0 Å². The van der Waals surface area contributed by atoms with Crippen molar-refractivity contribution >= 4 is 0 Å². The largest absolute Gasteiger partial charge is 0.502 e. The van der Waals surface area contributed by atoms with Crippen molar-refractivity contribution in [3.05, 3.63) is 27.8 Å². The van der Waals surface area contributed by atoms with Crippen molar-refractivity contribution in [2.45, 2.75) is 13.0 Å². The lowest BCUT2D eigenvalue weighted by molar-refractivity contribution is 0.236. The molecule has 0 saturated carbocycles.